The molecule has 100 valence electrons. The van der Waals surface area contributed by atoms with Crippen LogP contribution in [0.25, 0.3) is 0 Å². The average Bonchev–Trinajstić information content (AvgIpc) is 2.54. The van der Waals surface area contributed by atoms with E-state index in [1.807, 2.05) is 0 Å². The Morgan fingerprint density at radius 1 is 1.18 bits per heavy atom. The molecular formula is C15H29NO. The first-order chi connectivity index (χ1) is 7.92. The number of nitrogens with zero attached hydrogens (tertiary/aromatic N) is 1. The molecule has 2 heteroatoms. The maximum Gasteiger partial charge on any atom is 0.0746 e. The van der Waals surface area contributed by atoms with Crippen LogP contribution in [0.15, 0.2) is 0 Å². The normalized spacial score (nSPS) is 42.0. The third-order valence-corrected chi connectivity index (χ3v) is 5.26. The quantitative estimate of drug-likeness (QED) is 0.800. The molecule has 2 fully saturated rings. The zero-order valence-electron chi connectivity index (χ0n) is 11.9. The van der Waals surface area contributed by atoms with Crippen LogP contribution < -0.4 is 0 Å². The number of hydrogen-bond donors (Lipinski definition) is 1. The molecule has 1 N–H and O–H groups in total. The molecule has 0 amide bonds. The van der Waals surface area contributed by atoms with Crippen molar-refractivity contribution in [2.24, 2.45) is 11.3 Å². The van der Waals surface area contributed by atoms with E-state index < -0.39 is 0 Å². The van der Waals surface area contributed by atoms with Crippen molar-refractivity contribution >= 4 is 0 Å². The minimum absolute atomic E-state index is 0.110. The second kappa shape index (κ2) is 4.89. The molecular weight excluding hydrogens is 210 g/mol. The van der Waals surface area contributed by atoms with Crippen molar-refractivity contribution in [3.05, 3.63) is 0 Å². The topological polar surface area (TPSA) is 23.5 Å². The van der Waals surface area contributed by atoms with Gasteiger partial charge in [-0.1, -0.05) is 33.6 Å². The van der Waals surface area contributed by atoms with Crippen LogP contribution in [-0.2, 0) is 0 Å². The Morgan fingerprint density at radius 2 is 1.88 bits per heavy atom. The van der Waals surface area contributed by atoms with Crippen LogP contribution in [-0.4, -0.2) is 35.2 Å². The largest absolute Gasteiger partial charge is 0.391 e. The Hall–Kier alpha value is -0.0800. The summed E-state index contributed by atoms with van der Waals surface area (Å²) >= 11 is 0. The lowest BCUT2D eigenvalue weighted by Crippen LogP contribution is -2.48. The van der Waals surface area contributed by atoms with Crippen molar-refractivity contribution in [1.82, 2.24) is 4.90 Å². The van der Waals surface area contributed by atoms with Gasteiger partial charge in [0.1, 0.15) is 0 Å². The van der Waals surface area contributed by atoms with Gasteiger partial charge in [-0.25, -0.2) is 0 Å². The molecule has 0 aromatic carbocycles. The summed E-state index contributed by atoms with van der Waals surface area (Å²) in [7, 11) is 2.23. The highest BCUT2D eigenvalue weighted by Gasteiger charge is 2.44. The van der Waals surface area contributed by atoms with E-state index in [1.165, 1.54) is 25.7 Å². The van der Waals surface area contributed by atoms with Gasteiger partial charge in [0.15, 0.2) is 0 Å². The average molecular weight is 239 g/mol. The van der Waals surface area contributed by atoms with E-state index in [4.69, 9.17) is 0 Å². The summed E-state index contributed by atoms with van der Waals surface area (Å²) < 4.78 is 0. The molecule has 2 nitrogen and oxygen atoms in total. The van der Waals surface area contributed by atoms with Gasteiger partial charge in [0, 0.05) is 12.1 Å². The van der Waals surface area contributed by atoms with Crippen molar-refractivity contribution in [3.63, 3.8) is 0 Å². The van der Waals surface area contributed by atoms with Crippen LogP contribution in [0.1, 0.15) is 59.3 Å². The first kappa shape index (κ1) is 13.4. The first-order valence-electron chi connectivity index (χ1n) is 7.32. The van der Waals surface area contributed by atoms with Gasteiger partial charge in [-0.2, -0.15) is 0 Å². The molecule has 0 radical (unpaired) electrons. The van der Waals surface area contributed by atoms with E-state index in [9.17, 15) is 5.11 Å². The number of likely N-dealkylation sites (N-methyl/N-ethyl adjacent to an activating group) is 1. The number of aliphatic hydroxyl groups excluding tert-OH is 1. The zero-order chi connectivity index (χ0) is 12.6. The number of aliphatic hydroxyl groups is 1. The van der Waals surface area contributed by atoms with Gasteiger partial charge in [0.25, 0.3) is 0 Å². The molecule has 0 aliphatic heterocycles. The van der Waals surface area contributed by atoms with E-state index in [1.54, 1.807) is 0 Å². The van der Waals surface area contributed by atoms with E-state index >= 15 is 0 Å². The highest BCUT2D eigenvalue weighted by atomic mass is 16.3. The number of hydrogen-bond acceptors (Lipinski definition) is 2. The molecule has 0 aromatic heterocycles. The lowest BCUT2D eigenvalue weighted by atomic mass is 9.84. The molecule has 0 saturated heterocycles. The third kappa shape index (κ3) is 2.68. The lowest BCUT2D eigenvalue weighted by Gasteiger charge is -2.40. The molecule has 2 aliphatic carbocycles. The fraction of sp³-hybridized carbons (Fsp3) is 1.00. The second-order valence-corrected chi connectivity index (χ2v) is 7.13. The van der Waals surface area contributed by atoms with Crippen LogP contribution in [0.4, 0.5) is 0 Å². The van der Waals surface area contributed by atoms with Crippen molar-refractivity contribution in [2.75, 3.05) is 7.05 Å². The van der Waals surface area contributed by atoms with Gasteiger partial charge in [-0.15, -0.1) is 0 Å². The maximum absolute atomic E-state index is 10.4. The van der Waals surface area contributed by atoms with Gasteiger partial charge in [0.05, 0.1) is 6.10 Å². The van der Waals surface area contributed by atoms with Crippen molar-refractivity contribution in [3.8, 4) is 0 Å². The fourth-order valence-electron chi connectivity index (χ4n) is 3.82. The summed E-state index contributed by atoms with van der Waals surface area (Å²) in [6.07, 6.45) is 7.57. The SMILES string of the molecule is CC1CCCC(N(C)C2CCC(C)(C)C2O)C1. The van der Waals surface area contributed by atoms with E-state index in [-0.39, 0.29) is 11.5 Å². The minimum atomic E-state index is -0.148. The van der Waals surface area contributed by atoms with Crippen LogP contribution in [0.3, 0.4) is 0 Å². The molecule has 0 spiro atoms. The van der Waals surface area contributed by atoms with Crippen molar-refractivity contribution in [2.45, 2.75) is 77.5 Å². The predicted octanol–water partition coefficient (Wildman–Crippen LogP) is 3.05. The Labute approximate surface area is 106 Å². The molecule has 2 saturated carbocycles. The third-order valence-electron chi connectivity index (χ3n) is 5.26. The molecule has 2 rings (SSSR count). The second-order valence-electron chi connectivity index (χ2n) is 7.13. The summed E-state index contributed by atoms with van der Waals surface area (Å²) in [6, 6.07) is 1.09. The lowest BCUT2D eigenvalue weighted by molar-refractivity contribution is 0.000292. The molecule has 2 aliphatic rings. The van der Waals surface area contributed by atoms with Crippen LogP contribution >= 0.6 is 0 Å². The molecule has 0 aromatic rings. The maximum atomic E-state index is 10.4. The smallest absolute Gasteiger partial charge is 0.0746 e. The number of rotatable bonds is 2. The van der Waals surface area contributed by atoms with Crippen LogP contribution in [0, 0.1) is 11.3 Å². The molecule has 0 bridgehead atoms. The predicted molar refractivity (Wildman–Crippen MR) is 72.0 cm³/mol. The zero-order valence-corrected chi connectivity index (χ0v) is 11.9. The summed E-state index contributed by atoms with van der Waals surface area (Å²) in [5.74, 6) is 0.864. The molecule has 17 heavy (non-hydrogen) atoms. The molecule has 4 atom stereocenters. The summed E-state index contributed by atoms with van der Waals surface area (Å²) in [6.45, 7) is 6.78. The fourth-order valence-corrected chi connectivity index (χ4v) is 3.82. The monoisotopic (exact) mass is 239 g/mol. The summed E-state index contributed by atoms with van der Waals surface area (Å²) in [4.78, 5) is 2.50. The van der Waals surface area contributed by atoms with Gasteiger partial charge in [-0.3, -0.25) is 4.90 Å². The van der Waals surface area contributed by atoms with E-state index in [0.717, 1.165) is 18.8 Å². The van der Waals surface area contributed by atoms with Crippen molar-refractivity contribution in [1.29, 1.82) is 0 Å². The van der Waals surface area contributed by atoms with Gasteiger partial charge in [-0.05, 0) is 44.1 Å². The molecule has 0 heterocycles. The van der Waals surface area contributed by atoms with Gasteiger partial charge < -0.3 is 5.11 Å². The Kier molecular flexibility index (Phi) is 3.84. The van der Waals surface area contributed by atoms with Gasteiger partial charge in [0.2, 0.25) is 0 Å². The Bertz CT molecular complexity index is 264. The standard InChI is InChI=1S/C15H29NO/c1-11-6-5-7-12(10-11)16(4)13-8-9-15(2,3)14(13)17/h11-14,17H,5-10H2,1-4H3. The van der Waals surface area contributed by atoms with Gasteiger partial charge >= 0.3 is 0 Å². The van der Waals surface area contributed by atoms with Crippen molar-refractivity contribution < 1.29 is 5.11 Å². The van der Waals surface area contributed by atoms with E-state index in [2.05, 4.69) is 32.7 Å². The highest BCUT2D eigenvalue weighted by Crippen LogP contribution is 2.41. The van der Waals surface area contributed by atoms with Crippen LogP contribution in [0.2, 0.25) is 0 Å². The first-order valence-corrected chi connectivity index (χ1v) is 7.32. The highest BCUT2D eigenvalue weighted by molar-refractivity contribution is 4.97. The van der Waals surface area contributed by atoms with Crippen LogP contribution in [0.5, 0.6) is 0 Å². The van der Waals surface area contributed by atoms with E-state index in [0.29, 0.717) is 12.1 Å². The molecule has 4 unspecified atom stereocenters. The Morgan fingerprint density at radius 3 is 2.41 bits per heavy atom. The minimum Gasteiger partial charge on any atom is -0.391 e. The summed E-state index contributed by atoms with van der Waals surface area (Å²) in [5, 5.41) is 10.4. The Balaban J connectivity index is 1.98. The summed E-state index contributed by atoms with van der Waals surface area (Å²) in [5.41, 5.74) is 0.110.